The van der Waals surface area contributed by atoms with E-state index in [-0.39, 0.29) is 11.9 Å². The molecule has 0 unspecified atom stereocenters. The molecule has 0 spiro atoms. The van der Waals surface area contributed by atoms with E-state index in [1.165, 1.54) is 5.69 Å². The maximum absolute atomic E-state index is 12.6. The highest BCUT2D eigenvalue weighted by Crippen LogP contribution is 2.20. The first-order valence-electron chi connectivity index (χ1n) is 8.66. The number of carbonyl (C=O) groups excluding carboxylic acids is 1. The van der Waals surface area contributed by atoms with Crippen molar-refractivity contribution < 1.29 is 4.79 Å². The van der Waals surface area contributed by atoms with Crippen LogP contribution in [-0.4, -0.2) is 49.3 Å². The number of benzene rings is 2. The van der Waals surface area contributed by atoms with Gasteiger partial charge in [-0.1, -0.05) is 24.3 Å². The van der Waals surface area contributed by atoms with Crippen molar-refractivity contribution in [3.63, 3.8) is 0 Å². The van der Waals surface area contributed by atoms with Crippen LogP contribution >= 0.6 is 11.8 Å². The number of thioether (sulfide) groups is 1. The lowest BCUT2D eigenvalue weighted by molar-refractivity contribution is -0.120. The normalized spacial score (nSPS) is 16.5. The van der Waals surface area contributed by atoms with E-state index in [9.17, 15) is 4.79 Å². The van der Waals surface area contributed by atoms with Crippen molar-refractivity contribution in [3.8, 4) is 0 Å². The lowest BCUT2D eigenvalue weighted by Gasteiger charge is -2.38. The van der Waals surface area contributed by atoms with Crippen LogP contribution in [0.2, 0.25) is 0 Å². The molecule has 1 heterocycles. The fourth-order valence-corrected chi connectivity index (χ4v) is 3.58. The maximum atomic E-state index is 12.6. The second kappa shape index (κ2) is 8.41. The van der Waals surface area contributed by atoms with E-state index >= 15 is 0 Å². The zero-order valence-electron chi connectivity index (χ0n) is 14.8. The summed E-state index contributed by atoms with van der Waals surface area (Å²) in [6.07, 6.45) is 2.04. The molecule has 1 amide bonds. The molecular weight excluding hydrogens is 330 g/mol. The Bertz CT molecular complexity index is 699. The molecule has 0 saturated carbocycles. The van der Waals surface area contributed by atoms with Crippen molar-refractivity contribution in [2.24, 2.45) is 0 Å². The van der Waals surface area contributed by atoms with Gasteiger partial charge in [-0.2, -0.15) is 0 Å². The fraction of sp³-hybridized carbons (Fsp3) is 0.350. The van der Waals surface area contributed by atoms with Crippen molar-refractivity contribution in [3.05, 3.63) is 54.6 Å². The molecular formula is C20H25N3OS. The van der Waals surface area contributed by atoms with Crippen LogP contribution in [0.3, 0.4) is 0 Å². The molecule has 2 aromatic carbocycles. The van der Waals surface area contributed by atoms with Crippen molar-refractivity contribution in [2.75, 3.05) is 42.7 Å². The third-order valence-electron chi connectivity index (χ3n) is 4.70. The Morgan fingerprint density at radius 2 is 1.76 bits per heavy atom. The van der Waals surface area contributed by atoms with Crippen molar-refractivity contribution >= 4 is 29.0 Å². The van der Waals surface area contributed by atoms with Gasteiger partial charge in [0.15, 0.2) is 0 Å². The van der Waals surface area contributed by atoms with E-state index in [4.69, 9.17) is 0 Å². The number of nitrogens with zero attached hydrogens (tertiary/aromatic N) is 2. The predicted octanol–water partition coefficient (Wildman–Crippen LogP) is 3.56. The summed E-state index contributed by atoms with van der Waals surface area (Å²) in [4.78, 5) is 18.4. The number of anilines is 2. The van der Waals surface area contributed by atoms with Crippen LogP contribution in [-0.2, 0) is 4.79 Å². The molecule has 0 aliphatic carbocycles. The Morgan fingerprint density at radius 3 is 2.44 bits per heavy atom. The van der Waals surface area contributed by atoms with Crippen LogP contribution in [0, 0.1) is 0 Å². The lowest BCUT2D eigenvalue weighted by atomic mass is 10.2. The highest BCUT2D eigenvalue weighted by Gasteiger charge is 2.25. The zero-order valence-corrected chi connectivity index (χ0v) is 15.6. The summed E-state index contributed by atoms with van der Waals surface area (Å²) in [5.74, 6) is 0.0615. The smallest absolute Gasteiger partial charge is 0.241 e. The molecule has 4 nitrogen and oxygen atoms in total. The molecule has 25 heavy (non-hydrogen) atoms. The van der Waals surface area contributed by atoms with Crippen LogP contribution in [0.25, 0.3) is 0 Å². The van der Waals surface area contributed by atoms with Crippen molar-refractivity contribution in [2.45, 2.75) is 17.9 Å². The summed E-state index contributed by atoms with van der Waals surface area (Å²) >= 11 is 1.68. The summed E-state index contributed by atoms with van der Waals surface area (Å²) in [6.45, 7) is 5.68. The molecule has 0 aromatic heterocycles. The lowest BCUT2D eigenvalue weighted by Crippen LogP contribution is -2.52. The van der Waals surface area contributed by atoms with Crippen molar-refractivity contribution in [1.82, 2.24) is 4.90 Å². The molecule has 1 saturated heterocycles. The van der Waals surface area contributed by atoms with E-state index in [0.29, 0.717) is 0 Å². The number of para-hydroxylation sites is 1. The molecule has 1 fully saturated rings. The van der Waals surface area contributed by atoms with Gasteiger partial charge in [0.1, 0.15) is 0 Å². The SMILES string of the molecule is CSc1cccc(NC(=O)[C@H](C)N2CCN(c3ccccc3)CC2)c1. The minimum absolute atomic E-state index is 0.0615. The van der Waals surface area contributed by atoms with Crippen molar-refractivity contribution in [1.29, 1.82) is 0 Å². The Morgan fingerprint density at radius 1 is 1.04 bits per heavy atom. The topological polar surface area (TPSA) is 35.6 Å². The minimum Gasteiger partial charge on any atom is -0.369 e. The van der Waals surface area contributed by atoms with Crippen LogP contribution in [0.4, 0.5) is 11.4 Å². The van der Waals surface area contributed by atoms with Gasteiger partial charge in [0.2, 0.25) is 5.91 Å². The Balaban J connectivity index is 1.54. The van der Waals surface area contributed by atoms with Gasteiger partial charge in [0.25, 0.3) is 0 Å². The first-order chi connectivity index (χ1) is 12.2. The molecule has 0 radical (unpaired) electrons. The monoisotopic (exact) mass is 355 g/mol. The first-order valence-corrected chi connectivity index (χ1v) is 9.89. The molecule has 1 aliphatic heterocycles. The Labute approximate surface area is 154 Å². The summed E-state index contributed by atoms with van der Waals surface area (Å²) in [7, 11) is 0. The minimum atomic E-state index is -0.129. The number of hydrogen-bond donors (Lipinski definition) is 1. The second-order valence-electron chi connectivity index (χ2n) is 6.26. The standard InChI is InChI=1S/C20H25N3OS/c1-16(20(24)21-17-7-6-10-19(15-17)25-2)22-11-13-23(14-12-22)18-8-4-3-5-9-18/h3-10,15-16H,11-14H2,1-2H3,(H,21,24)/t16-/m0/s1. The van der Waals surface area contributed by atoms with E-state index < -0.39 is 0 Å². The van der Waals surface area contributed by atoms with Gasteiger partial charge in [-0.15, -0.1) is 11.8 Å². The van der Waals surface area contributed by atoms with Gasteiger partial charge in [-0.05, 0) is 43.5 Å². The van der Waals surface area contributed by atoms with E-state index in [2.05, 4.69) is 39.4 Å². The summed E-state index contributed by atoms with van der Waals surface area (Å²) in [6, 6.07) is 18.3. The second-order valence-corrected chi connectivity index (χ2v) is 7.14. The van der Waals surface area contributed by atoms with Gasteiger partial charge >= 0.3 is 0 Å². The summed E-state index contributed by atoms with van der Waals surface area (Å²) in [5, 5.41) is 3.05. The van der Waals surface area contributed by atoms with Crippen LogP contribution < -0.4 is 10.2 Å². The quantitative estimate of drug-likeness (QED) is 0.832. The molecule has 2 aromatic rings. The maximum Gasteiger partial charge on any atom is 0.241 e. The third kappa shape index (κ3) is 4.55. The van der Waals surface area contributed by atoms with Crippen LogP contribution in [0.1, 0.15) is 6.92 Å². The average molecular weight is 356 g/mol. The van der Waals surface area contributed by atoms with Crippen LogP contribution in [0.5, 0.6) is 0 Å². The number of piperazine rings is 1. The Kier molecular flexibility index (Phi) is 6.00. The van der Waals surface area contributed by atoms with Crippen LogP contribution in [0.15, 0.2) is 59.5 Å². The number of hydrogen-bond acceptors (Lipinski definition) is 4. The summed E-state index contributed by atoms with van der Waals surface area (Å²) in [5.41, 5.74) is 2.12. The molecule has 1 atom stereocenters. The summed E-state index contributed by atoms with van der Waals surface area (Å²) < 4.78 is 0. The highest BCUT2D eigenvalue weighted by molar-refractivity contribution is 7.98. The zero-order chi connectivity index (χ0) is 17.6. The van der Waals surface area contributed by atoms with Gasteiger partial charge in [0, 0.05) is 42.4 Å². The highest BCUT2D eigenvalue weighted by atomic mass is 32.2. The number of carbonyl (C=O) groups is 1. The average Bonchev–Trinajstić information content (AvgIpc) is 2.68. The predicted molar refractivity (Wildman–Crippen MR) is 107 cm³/mol. The van der Waals surface area contributed by atoms with Gasteiger partial charge in [0.05, 0.1) is 6.04 Å². The van der Waals surface area contributed by atoms with Gasteiger partial charge in [-0.25, -0.2) is 0 Å². The first kappa shape index (κ1) is 17.8. The molecule has 1 aliphatic rings. The van der Waals surface area contributed by atoms with E-state index in [1.54, 1.807) is 11.8 Å². The van der Waals surface area contributed by atoms with E-state index in [1.807, 2.05) is 43.5 Å². The van der Waals surface area contributed by atoms with Gasteiger partial charge < -0.3 is 10.2 Å². The molecule has 1 N–H and O–H groups in total. The van der Waals surface area contributed by atoms with Gasteiger partial charge in [-0.3, -0.25) is 9.69 Å². The molecule has 3 rings (SSSR count). The Hall–Kier alpha value is -1.98. The molecule has 0 bridgehead atoms. The number of rotatable bonds is 5. The third-order valence-corrected chi connectivity index (χ3v) is 5.43. The molecule has 132 valence electrons. The number of nitrogens with one attached hydrogen (secondary N) is 1. The molecule has 5 heteroatoms. The largest absolute Gasteiger partial charge is 0.369 e. The van der Waals surface area contributed by atoms with E-state index in [0.717, 1.165) is 36.8 Å². The fourth-order valence-electron chi connectivity index (χ4n) is 3.12. The number of amides is 1.